The SMILES string of the molecule is CCCCCCCCCCCC[N+](C)(C)[B-]C#N. The van der Waals surface area contributed by atoms with E-state index in [0.29, 0.717) is 0 Å². The minimum atomic E-state index is 0.730. The maximum absolute atomic E-state index is 8.64. The van der Waals surface area contributed by atoms with Crippen molar-refractivity contribution < 1.29 is 4.39 Å². The molecule has 0 aliphatic rings. The molecule has 104 valence electrons. The average molecular weight is 250 g/mol. The Morgan fingerprint density at radius 1 is 0.833 bits per heavy atom. The molecular weight excluding hydrogens is 219 g/mol. The minimum absolute atomic E-state index is 0.730. The van der Waals surface area contributed by atoms with Crippen LogP contribution in [0.5, 0.6) is 0 Å². The number of rotatable bonds is 12. The fraction of sp³-hybridized carbons (Fsp3) is 0.933. The molecule has 0 heterocycles. The molecule has 0 aromatic heterocycles. The smallest absolute Gasteiger partial charge is 0.126 e. The summed E-state index contributed by atoms with van der Waals surface area (Å²) in [4.78, 5) is 0. The predicted octanol–water partition coefficient (Wildman–Crippen LogP) is 4.08. The van der Waals surface area contributed by atoms with Crippen molar-refractivity contribution in [2.45, 2.75) is 71.1 Å². The zero-order valence-corrected chi connectivity index (χ0v) is 12.7. The van der Waals surface area contributed by atoms with Gasteiger partial charge in [-0.05, 0) is 12.8 Å². The molecule has 2 nitrogen and oxygen atoms in total. The number of nitriles is 1. The summed E-state index contributed by atoms with van der Waals surface area (Å²) in [6.07, 6.45) is 13.7. The molecule has 0 N–H and O–H groups in total. The van der Waals surface area contributed by atoms with Gasteiger partial charge in [0.1, 0.15) is 7.41 Å². The summed E-state index contributed by atoms with van der Waals surface area (Å²) < 4.78 is 0.730. The predicted molar refractivity (Wildman–Crippen MR) is 80.2 cm³/mol. The van der Waals surface area contributed by atoms with Crippen LogP contribution in [-0.2, 0) is 0 Å². The van der Waals surface area contributed by atoms with Crippen LogP contribution in [0.1, 0.15) is 71.1 Å². The van der Waals surface area contributed by atoms with Crippen molar-refractivity contribution in [3.8, 4) is 5.97 Å². The molecule has 0 spiro atoms. The standard InChI is InChI=1S/C15H31BN2/c1-4-5-6-7-8-9-10-11-12-13-14-18(2,3)16-15-17/h4-14H2,1-3H3. The highest BCUT2D eigenvalue weighted by Crippen LogP contribution is 2.11. The zero-order chi connectivity index (χ0) is 13.7. The second-order valence-electron chi connectivity index (χ2n) is 5.94. The Bertz CT molecular complexity index is 221. The van der Waals surface area contributed by atoms with Gasteiger partial charge in [-0.1, -0.05) is 58.3 Å². The third-order valence-electron chi connectivity index (χ3n) is 3.50. The topological polar surface area (TPSA) is 23.8 Å². The van der Waals surface area contributed by atoms with E-state index in [1.54, 1.807) is 7.41 Å². The van der Waals surface area contributed by atoms with Crippen molar-refractivity contribution in [1.82, 2.24) is 0 Å². The van der Waals surface area contributed by atoms with Gasteiger partial charge in [-0.2, -0.15) is 0 Å². The van der Waals surface area contributed by atoms with E-state index >= 15 is 0 Å². The maximum atomic E-state index is 8.64. The van der Waals surface area contributed by atoms with Gasteiger partial charge in [-0.25, -0.2) is 5.26 Å². The molecule has 0 aromatic carbocycles. The third-order valence-corrected chi connectivity index (χ3v) is 3.50. The van der Waals surface area contributed by atoms with Crippen molar-refractivity contribution in [2.75, 3.05) is 20.6 Å². The second-order valence-corrected chi connectivity index (χ2v) is 5.94. The first kappa shape index (κ1) is 17.5. The van der Waals surface area contributed by atoms with Crippen LogP contribution < -0.4 is 0 Å². The van der Waals surface area contributed by atoms with Crippen molar-refractivity contribution in [1.29, 1.82) is 5.26 Å². The van der Waals surface area contributed by atoms with E-state index in [2.05, 4.69) is 27.0 Å². The lowest BCUT2D eigenvalue weighted by Crippen LogP contribution is -2.43. The Labute approximate surface area is 115 Å². The maximum Gasteiger partial charge on any atom is 0.126 e. The first-order valence-corrected chi connectivity index (χ1v) is 7.69. The third kappa shape index (κ3) is 12.0. The highest BCUT2D eigenvalue weighted by molar-refractivity contribution is 6.36. The molecule has 0 saturated heterocycles. The number of hydrogen-bond acceptors (Lipinski definition) is 1. The van der Waals surface area contributed by atoms with Crippen LogP contribution in [0.4, 0.5) is 0 Å². The van der Waals surface area contributed by atoms with Crippen molar-refractivity contribution in [3.63, 3.8) is 0 Å². The van der Waals surface area contributed by atoms with Crippen LogP contribution in [0.15, 0.2) is 0 Å². The molecule has 18 heavy (non-hydrogen) atoms. The van der Waals surface area contributed by atoms with E-state index in [1.807, 2.05) is 0 Å². The largest absolute Gasteiger partial charge is 0.553 e. The summed E-state index contributed by atoms with van der Waals surface area (Å²) >= 11 is 0. The Morgan fingerprint density at radius 2 is 1.28 bits per heavy atom. The summed E-state index contributed by atoms with van der Waals surface area (Å²) in [7, 11) is 5.90. The van der Waals surface area contributed by atoms with E-state index in [-0.39, 0.29) is 0 Å². The lowest BCUT2D eigenvalue weighted by Gasteiger charge is -2.40. The fourth-order valence-corrected chi connectivity index (χ4v) is 2.23. The summed E-state index contributed by atoms with van der Waals surface area (Å²) in [5.74, 6) is 2.14. The quantitative estimate of drug-likeness (QED) is 0.378. The lowest BCUT2D eigenvalue weighted by molar-refractivity contribution is -0.777. The van der Waals surface area contributed by atoms with E-state index in [0.717, 1.165) is 10.9 Å². The van der Waals surface area contributed by atoms with Gasteiger partial charge in [-0.3, -0.25) is 0 Å². The monoisotopic (exact) mass is 250 g/mol. The normalized spacial score (nSPS) is 11.4. The van der Waals surface area contributed by atoms with Gasteiger partial charge in [0.2, 0.25) is 0 Å². The molecule has 3 heteroatoms. The number of hydrogen-bond donors (Lipinski definition) is 0. The molecule has 0 saturated carbocycles. The Balaban J connectivity index is 3.19. The molecule has 0 fully saturated rings. The summed E-state index contributed by atoms with van der Waals surface area (Å²) in [6.45, 7) is 3.35. The number of unbranched alkanes of at least 4 members (excludes halogenated alkanes) is 9. The first-order valence-electron chi connectivity index (χ1n) is 7.69. The van der Waals surface area contributed by atoms with E-state index in [1.165, 1.54) is 64.2 Å². The molecule has 0 unspecified atom stereocenters. The molecule has 0 amide bonds. The highest BCUT2D eigenvalue weighted by Gasteiger charge is 2.02. The van der Waals surface area contributed by atoms with Crippen LogP contribution in [0, 0.1) is 11.2 Å². The molecule has 0 atom stereocenters. The van der Waals surface area contributed by atoms with Gasteiger partial charge in [0, 0.05) is 20.6 Å². The molecule has 0 bridgehead atoms. The van der Waals surface area contributed by atoms with Crippen LogP contribution >= 0.6 is 0 Å². The molecular formula is C15H31BN2. The van der Waals surface area contributed by atoms with Crippen LogP contribution in [0.25, 0.3) is 0 Å². The van der Waals surface area contributed by atoms with Gasteiger partial charge in [0.25, 0.3) is 0 Å². The molecule has 0 rings (SSSR count). The number of nitrogens with zero attached hydrogens (tertiary/aromatic N) is 2. The average Bonchev–Trinajstić information content (AvgIpc) is 2.31. The summed E-state index contributed by atoms with van der Waals surface area (Å²) in [5, 5.41) is 8.64. The van der Waals surface area contributed by atoms with E-state index in [4.69, 9.17) is 5.26 Å². The van der Waals surface area contributed by atoms with Gasteiger partial charge in [0.15, 0.2) is 0 Å². The first-order chi connectivity index (χ1) is 8.62. The summed E-state index contributed by atoms with van der Waals surface area (Å²) in [6, 6.07) is 0. The fourth-order valence-electron chi connectivity index (χ4n) is 2.23. The number of quaternary nitrogens is 1. The molecule has 2 radical (unpaired) electrons. The molecule has 0 aliphatic carbocycles. The highest BCUT2D eigenvalue weighted by atomic mass is 15.2. The van der Waals surface area contributed by atoms with E-state index < -0.39 is 0 Å². The van der Waals surface area contributed by atoms with Gasteiger partial charge >= 0.3 is 0 Å². The minimum Gasteiger partial charge on any atom is -0.553 e. The van der Waals surface area contributed by atoms with Crippen LogP contribution in [0.3, 0.4) is 0 Å². The van der Waals surface area contributed by atoms with Crippen molar-refractivity contribution in [2.24, 2.45) is 0 Å². The van der Waals surface area contributed by atoms with E-state index in [9.17, 15) is 0 Å². The van der Waals surface area contributed by atoms with Crippen molar-refractivity contribution in [3.05, 3.63) is 0 Å². The van der Waals surface area contributed by atoms with Crippen molar-refractivity contribution >= 4 is 7.41 Å². The van der Waals surface area contributed by atoms with Gasteiger partial charge < -0.3 is 4.39 Å². The molecule has 0 aliphatic heterocycles. The van der Waals surface area contributed by atoms with Gasteiger partial charge in [0.05, 0.1) is 0 Å². The summed E-state index contributed by atoms with van der Waals surface area (Å²) in [5.41, 5.74) is 0. The Hall–Kier alpha value is -0.485. The Morgan fingerprint density at radius 3 is 1.72 bits per heavy atom. The second kappa shape index (κ2) is 11.6. The lowest BCUT2D eigenvalue weighted by atomic mass is 9.91. The van der Waals surface area contributed by atoms with Gasteiger partial charge in [-0.15, -0.1) is 5.97 Å². The van der Waals surface area contributed by atoms with Crippen LogP contribution in [0.2, 0.25) is 0 Å². The Kier molecular flexibility index (Phi) is 11.3. The molecule has 0 aromatic rings. The van der Waals surface area contributed by atoms with Crippen LogP contribution in [-0.4, -0.2) is 32.4 Å². The zero-order valence-electron chi connectivity index (χ0n) is 12.7.